The van der Waals surface area contributed by atoms with Gasteiger partial charge >= 0.3 is 0 Å². The van der Waals surface area contributed by atoms with Gasteiger partial charge in [0.2, 0.25) is 0 Å². The van der Waals surface area contributed by atoms with Crippen molar-refractivity contribution in [1.82, 2.24) is 0 Å². The van der Waals surface area contributed by atoms with Gasteiger partial charge in [-0.15, -0.1) is 0 Å². The minimum Gasteiger partial charge on any atom is -0.366 e. The van der Waals surface area contributed by atoms with E-state index in [0.29, 0.717) is 0 Å². The van der Waals surface area contributed by atoms with E-state index in [1.54, 1.807) is 6.08 Å². The topological polar surface area (TPSA) is 21.6 Å². The summed E-state index contributed by atoms with van der Waals surface area (Å²) < 4.78 is 0. The Bertz CT molecular complexity index is 111. The molecule has 2 heteroatoms. The van der Waals surface area contributed by atoms with Crippen LogP contribution in [-0.4, -0.2) is 6.72 Å². The third-order valence-electron chi connectivity index (χ3n) is 0.478. The fraction of sp³-hybridized carbons (Fsp3) is 0.300. The molecular weight excluding hydrogens is 150 g/mol. The summed E-state index contributed by atoms with van der Waals surface area (Å²) in [5, 5.41) is 2.99. The summed E-state index contributed by atoms with van der Waals surface area (Å²) in [4.78, 5) is 4.11. The van der Waals surface area contributed by atoms with Crippen molar-refractivity contribution in [3.8, 4) is 0 Å². The second-order valence-corrected chi connectivity index (χ2v) is 1.16. The molecule has 0 aromatic rings. The summed E-state index contributed by atoms with van der Waals surface area (Å²) in [6.45, 7) is 15.6. The average Bonchev–Trinajstić information content (AvgIpc) is 2.12. The quantitative estimate of drug-likeness (QED) is 0.274. The van der Waals surface area contributed by atoms with Crippen LogP contribution in [0.25, 0.3) is 0 Å². The number of nitrogens with zero attached hydrogens (tertiary/aromatic N) is 1. The fourth-order valence-corrected chi connectivity index (χ4v) is 0.189. The molecule has 0 aromatic carbocycles. The van der Waals surface area contributed by atoms with Gasteiger partial charge in [-0.25, -0.2) is 0 Å². The van der Waals surface area contributed by atoms with E-state index in [0.717, 1.165) is 0 Å². The van der Waals surface area contributed by atoms with Crippen LogP contribution >= 0.6 is 0 Å². The van der Waals surface area contributed by atoms with Gasteiger partial charge in [0, 0.05) is 6.72 Å². The molecule has 0 spiro atoms. The SMILES string of the molecule is C=C/C=C\C.C=CON=C.CC. The number of allylic oxidation sites excluding steroid dienone is 3. The molecule has 0 heterocycles. The second-order valence-electron chi connectivity index (χ2n) is 1.16. The van der Waals surface area contributed by atoms with Gasteiger partial charge < -0.3 is 4.84 Å². The summed E-state index contributed by atoms with van der Waals surface area (Å²) in [6, 6.07) is 0. The first-order valence-electron chi connectivity index (χ1n) is 3.80. The molecule has 0 aliphatic heterocycles. The molecule has 0 bridgehead atoms. The lowest BCUT2D eigenvalue weighted by atomic mass is 10.5. The zero-order valence-electron chi connectivity index (χ0n) is 8.29. The van der Waals surface area contributed by atoms with Crippen LogP contribution in [0.1, 0.15) is 20.8 Å². The maximum atomic E-state index is 4.11. The van der Waals surface area contributed by atoms with Crippen molar-refractivity contribution in [2.24, 2.45) is 5.16 Å². The van der Waals surface area contributed by atoms with E-state index in [-0.39, 0.29) is 0 Å². The van der Waals surface area contributed by atoms with Crippen LogP contribution < -0.4 is 0 Å². The Morgan fingerprint density at radius 2 is 1.75 bits per heavy atom. The smallest absolute Gasteiger partial charge is 0.114 e. The minimum atomic E-state index is 1.20. The third kappa shape index (κ3) is 71.0. The van der Waals surface area contributed by atoms with Crippen molar-refractivity contribution in [2.45, 2.75) is 20.8 Å². The standard InChI is InChI=1S/C5H8.C3H5NO.C2H6/c2*1-3-5-4-2;1-2/h3-5H,1H2,2H3;3H,1-2H2;1-2H3/b5-4-;;. The summed E-state index contributed by atoms with van der Waals surface area (Å²) >= 11 is 0. The maximum Gasteiger partial charge on any atom is 0.114 e. The second kappa shape index (κ2) is 33.3. The number of hydrogen-bond donors (Lipinski definition) is 0. The molecule has 0 atom stereocenters. The summed E-state index contributed by atoms with van der Waals surface area (Å²) in [7, 11) is 0. The van der Waals surface area contributed by atoms with Crippen LogP contribution in [0.2, 0.25) is 0 Å². The van der Waals surface area contributed by atoms with Crippen molar-refractivity contribution >= 4 is 6.72 Å². The van der Waals surface area contributed by atoms with Crippen LogP contribution in [0, 0.1) is 0 Å². The average molecular weight is 169 g/mol. The molecule has 0 rings (SSSR count). The van der Waals surface area contributed by atoms with Crippen LogP contribution in [0.3, 0.4) is 0 Å². The molecule has 0 fully saturated rings. The molecular formula is C10H19NO. The zero-order chi connectivity index (χ0) is 10.2. The molecule has 0 N–H and O–H groups in total. The lowest BCUT2D eigenvalue weighted by molar-refractivity contribution is 0.273. The summed E-state index contributed by atoms with van der Waals surface area (Å²) in [5.41, 5.74) is 0. The molecule has 2 nitrogen and oxygen atoms in total. The molecule has 0 amide bonds. The molecule has 70 valence electrons. The Morgan fingerprint density at radius 1 is 1.25 bits per heavy atom. The van der Waals surface area contributed by atoms with Crippen molar-refractivity contribution in [2.75, 3.05) is 0 Å². The molecule has 0 radical (unpaired) electrons. The third-order valence-corrected chi connectivity index (χ3v) is 0.478. The van der Waals surface area contributed by atoms with E-state index in [1.807, 2.05) is 32.9 Å². The highest BCUT2D eigenvalue weighted by atomic mass is 16.6. The first-order chi connectivity index (χ1) is 5.83. The van der Waals surface area contributed by atoms with Gasteiger partial charge in [-0.2, -0.15) is 0 Å². The zero-order valence-corrected chi connectivity index (χ0v) is 8.29. The Hall–Kier alpha value is -1.31. The lowest BCUT2D eigenvalue weighted by Gasteiger charge is -1.74. The molecule has 0 aliphatic rings. The highest BCUT2D eigenvalue weighted by Crippen LogP contribution is 1.65. The van der Waals surface area contributed by atoms with Crippen molar-refractivity contribution in [3.05, 3.63) is 37.6 Å². The Balaban J connectivity index is -0.000000112. The van der Waals surface area contributed by atoms with Crippen molar-refractivity contribution in [3.63, 3.8) is 0 Å². The highest BCUT2D eigenvalue weighted by Gasteiger charge is 1.46. The van der Waals surface area contributed by atoms with Gasteiger partial charge in [-0.3, -0.25) is 0 Å². The normalized spacial score (nSPS) is 6.58. The predicted octanol–water partition coefficient (Wildman–Crippen LogP) is 3.54. The highest BCUT2D eigenvalue weighted by molar-refractivity contribution is 5.21. The molecule has 0 saturated carbocycles. The number of rotatable bonds is 3. The summed E-state index contributed by atoms with van der Waals surface area (Å²) in [6.07, 6.45) is 6.78. The van der Waals surface area contributed by atoms with Gasteiger partial charge in [0.05, 0.1) is 0 Å². The van der Waals surface area contributed by atoms with E-state index < -0.39 is 0 Å². The first kappa shape index (κ1) is 17.0. The van der Waals surface area contributed by atoms with E-state index in [9.17, 15) is 0 Å². The Kier molecular flexibility index (Phi) is 47.1. The molecule has 12 heavy (non-hydrogen) atoms. The van der Waals surface area contributed by atoms with Gasteiger partial charge in [-0.05, 0) is 6.92 Å². The van der Waals surface area contributed by atoms with Gasteiger partial charge in [0.25, 0.3) is 0 Å². The predicted molar refractivity (Wildman–Crippen MR) is 57.2 cm³/mol. The lowest BCUT2D eigenvalue weighted by Crippen LogP contribution is -1.54. The maximum absolute atomic E-state index is 4.11. The molecule has 0 saturated heterocycles. The monoisotopic (exact) mass is 169 g/mol. The minimum absolute atomic E-state index is 1.20. The number of oxime groups is 1. The van der Waals surface area contributed by atoms with E-state index in [1.165, 1.54) is 6.26 Å². The van der Waals surface area contributed by atoms with E-state index in [4.69, 9.17) is 0 Å². The van der Waals surface area contributed by atoms with Gasteiger partial charge in [0.1, 0.15) is 6.26 Å². The van der Waals surface area contributed by atoms with Gasteiger partial charge in [0.15, 0.2) is 0 Å². The Morgan fingerprint density at radius 3 is 1.75 bits per heavy atom. The van der Waals surface area contributed by atoms with Crippen LogP contribution in [0.15, 0.2) is 42.8 Å². The van der Waals surface area contributed by atoms with Crippen LogP contribution in [0.5, 0.6) is 0 Å². The first-order valence-corrected chi connectivity index (χ1v) is 3.80. The van der Waals surface area contributed by atoms with Gasteiger partial charge in [-0.1, -0.05) is 50.4 Å². The molecule has 0 aliphatic carbocycles. The molecule has 0 aromatic heterocycles. The van der Waals surface area contributed by atoms with E-state index in [2.05, 4.69) is 29.9 Å². The van der Waals surface area contributed by atoms with Crippen LogP contribution in [0.4, 0.5) is 0 Å². The fourth-order valence-electron chi connectivity index (χ4n) is 0.189. The molecule has 0 unspecified atom stereocenters. The Labute approximate surface area is 75.9 Å². The number of hydrogen-bond acceptors (Lipinski definition) is 2. The van der Waals surface area contributed by atoms with E-state index >= 15 is 0 Å². The largest absolute Gasteiger partial charge is 0.366 e. The van der Waals surface area contributed by atoms with Crippen molar-refractivity contribution in [1.29, 1.82) is 0 Å². The van der Waals surface area contributed by atoms with Crippen LogP contribution in [-0.2, 0) is 4.84 Å². The van der Waals surface area contributed by atoms with Crippen molar-refractivity contribution < 1.29 is 4.84 Å². The summed E-state index contributed by atoms with van der Waals surface area (Å²) in [5.74, 6) is 0.